The minimum Gasteiger partial charge on any atom is -0.318 e. The number of alkyl halides is 5. The van der Waals surface area contributed by atoms with Gasteiger partial charge in [0.2, 0.25) is 0 Å². The molecule has 1 aromatic carbocycles. The summed E-state index contributed by atoms with van der Waals surface area (Å²) in [6, 6.07) is 1.35. The van der Waals surface area contributed by atoms with Gasteiger partial charge in [-0.3, -0.25) is 4.79 Å². The molecule has 0 unspecified atom stereocenters. The average Bonchev–Trinajstić information content (AvgIpc) is 2.21. The van der Waals surface area contributed by atoms with Gasteiger partial charge in [-0.1, -0.05) is 0 Å². The van der Waals surface area contributed by atoms with Gasteiger partial charge in [0.25, 0.3) is 0 Å². The van der Waals surface area contributed by atoms with E-state index in [9.17, 15) is 35.5 Å². The highest BCUT2D eigenvalue weighted by Crippen LogP contribution is 2.36. The third-order valence-corrected chi connectivity index (χ3v) is 1.82. The van der Waals surface area contributed by atoms with Crippen LogP contribution in [-0.4, -0.2) is 18.0 Å². The number of hydrogen-bond donors (Lipinski definition) is 1. The predicted octanol–water partition coefficient (Wildman–Crippen LogP) is 3.10. The predicted molar refractivity (Wildman–Crippen MR) is 46.0 cm³/mol. The molecule has 1 N–H and O–H groups in total. The number of halogens is 7. The summed E-state index contributed by atoms with van der Waals surface area (Å²) in [6.07, 6.45) is -6.12. The fourth-order valence-corrected chi connectivity index (χ4v) is 0.923. The number of hydrogen-bond acceptors (Lipinski definition) is 1. The van der Waals surface area contributed by atoms with E-state index in [0.717, 1.165) is 5.32 Å². The Morgan fingerprint density at radius 2 is 1.61 bits per heavy atom. The molecule has 100 valence electrons. The number of nitrogens with one attached hydrogen (secondary N) is 1. The first-order valence-corrected chi connectivity index (χ1v) is 4.27. The molecule has 0 aliphatic heterocycles. The highest BCUT2D eigenvalue weighted by Gasteiger charge is 2.63. The molecule has 1 aromatic rings. The lowest BCUT2D eigenvalue weighted by Crippen LogP contribution is -2.47. The second-order valence-electron chi connectivity index (χ2n) is 3.15. The van der Waals surface area contributed by atoms with Crippen LogP contribution in [0.4, 0.5) is 36.4 Å². The molecular weight excluding hydrogens is 271 g/mol. The summed E-state index contributed by atoms with van der Waals surface area (Å²) in [5, 5.41) is 0.974. The fraction of sp³-hybridized carbons (Fsp3) is 0.222. The SMILES string of the molecule is O=C(Nc1cc(F)ccc1F)C(F)(F)C(F)(F)F. The van der Waals surface area contributed by atoms with E-state index < -0.39 is 35.3 Å². The van der Waals surface area contributed by atoms with Crippen molar-refractivity contribution in [1.82, 2.24) is 0 Å². The Labute approximate surface area is 95.4 Å². The summed E-state index contributed by atoms with van der Waals surface area (Å²) in [4.78, 5) is 10.7. The van der Waals surface area contributed by atoms with E-state index in [4.69, 9.17) is 0 Å². The van der Waals surface area contributed by atoms with Crippen molar-refractivity contribution in [2.24, 2.45) is 0 Å². The van der Waals surface area contributed by atoms with Crippen molar-refractivity contribution in [3.8, 4) is 0 Å². The van der Waals surface area contributed by atoms with Crippen molar-refractivity contribution >= 4 is 11.6 Å². The molecule has 0 atom stereocenters. The first kappa shape index (κ1) is 14.3. The normalized spacial score (nSPS) is 12.4. The van der Waals surface area contributed by atoms with Crippen LogP contribution in [0.5, 0.6) is 0 Å². The number of anilines is 1. The monoisotopic (exact) mass is 275 g/mol. The Morgan fingerprint density at radius 3 is 2.11 bits per heavy atom. The molecule has 0 bridgehead atoms. The molecule has 18 heavy (non-hydrogen) atoms. The minimum absolute atomic E-state index is 0.277. The van der Waals surface area contributed by atoms with Crippen molar-refractivity contribution < 1.29 is 35.5 Å². The molecule has 0 aliphatic carbocycles. The maximum absolute atomic E-state index is 12.9. The van der Waals surface area contributed by atoms with E-state index in [1.807, 2.05) is 0 Å². The van der Waals surface area contributed by atoms with Crippen molar-refractivity contribution in [2.45, 2.75) is 12.1 Å². The van der Waals surface area contributed by atoms with Gasteiger partial charge < -0.3 is 5.32 Å². The van der Waals surface area contributed by atoms with E-state index in [1.54, 1.807) is 0 Å². The zero-order valence-corrected chi connectivity index (χ0v) is 8.29. The topological polar surface area (TPSA) is 29.1 Å². The van der Waals surface area contributed by atoms with Crippen molar-refractivity contribution in [3.63, 3.8) is 0 Å². The average molecular weight is 275 g/mol. The number of amides is 1. The van der Waals surface area contributed by atoms with E-state index in [1.165, 1.54) is 0 Å². The van der Waals surface area contributed by atoms with Gasteiger partial charge in [-0.2, -0.15) is 22.0 Å². The molecule has 9 heteroatoms. The van der Waals surface area contributed by atoms with Crippen molar-refractivity contribution in [2.75, 3.05) is 5.32 Å². The van der Waals surface area contributed by atoms with Crippen LogP contribution in [0.3, 0.4) is 0 Å². The molecule has 0 radical (unpaired) electrons. The summed E-state index contributed by atoms with van der Waals surface area (Å²) in [6.45, 7) is 0. The van der Waals surface area contributed by atoms with Crippen molar-refractivity contribution in [3.05, 3.63) is 29.8 Å². The third kappa shape index (κ3) is 2.71. The Balaban J connectivity index is 2.98. The third-order valence-electron chi connectivity index (χ3n) is 1.82. The molecule has 0 aliphatic rings. The second-order valence-corrected chi connectivity index (χ2v) is 3.15. The second kappa shape index (κ2) is 4.46. The Hall–Kier alpha value is -1.80. The maximum Gasteiger partial charge on any atom is 0.463 e. The minimum atomic E-state index is -6.12. The van der Waals surface area contributed by atoms with Gasteiger partial charge in [-0.15, -0.1) is 0 Å². The smallest absolute Gasteiger partial charge is 0.318 e. The van der Waals surface area contributed by atoms with Crippen LogP contribution in [0.2, 0.25) is 0 Å². The molecule has 0 heterocycles. The lowest BCUT2D eigenvalue weighted by Gasteiger charge is -2.18. The molecule has 1 amide bonds. The largest absolute Gasteiger partial charge is 0.463 e. The van der Waals surface area contributed by atoms with E-state index in [-0.39, 0.29) is 6.07 Å². The molecule has 0 aromatic heterocycles. The molecule has 0 fully saturated rings. The lowest BCUT2D eigenvalue weighted by atomic mass is 10.2. The van der Waals surface area contributed by atoms with Crippen LogP contribution in [0.1, 0.15) is 0 Å². The maximum atomic E-state index is 12.9. The van der Waals surface area contributed by atoms with Crippen molar-refractivity contribution in [1.29, 1.82) is 0 Å². The summed E-state index contributed by atoms with van der Waals surface area (Å²) < 4.78 is 85.8. The zero-order chi connectivity index (χ0) is 14.1. The van der Waals surface area contributed by atoms with Gasteiger partial charge in [-0.25, -0.2) is 8.78 Å². The van der Waals surface area contributed by atoms with Gasteiger partial charge in [0, 0.05) is 6.07 Å². The molecule has 2 nitrogen and oxygen atoms in total. The number of benzene rings is 1. The van der Waals surface area contributed by atoms with E-state index >= 15 is 0 Å². The van der Waals surface area contributed by atoms with Gasteiger partial charge in [0.05, 0.1) is 5.69 Å². The van der Waals surface area contributed by atoms with Crippen LogP contribution in [0.15, 0.2) is 18.2 Å². The molecular formula is C9H4F7NO. The van der Waals surface area contributed by atoms with Gasteiger partial charge in [-0.05, 0) is 12.1 Å². The van der Waals surface area contributed by atoms with E-state index in [2.05, 4.69) is 0 Å². The Morgan fingerprint density at radius 1 is 1.06 bits per heavy atom. The number of carbonyl (C=O) groups is 1. The van der Waals surface area contributed by atoms with Crippen LogP contribution in [0.25, 0.3) is 0 Å². The standard InChI is InChI=1S/C9H4F7NO/c10-4-1-2-5(11)6(3-4)17-7(18)8(12,13)9(14,15)16/h1-3H,(H,17,18). The summed E-state index contributed by atoms with van der Waals surface area (Å²) in [7, 11) is 0. The molecule has 0 spiro atoms. The highest BCUT2D eigenvalue weighted by atomic mass is 19.4. The van der Waals surface area contributed by atoms with Gasteiger partial charge >= 0.3 is 18.0 Å². The van der Waals surface area contributed by atoms with Crippen LogP contribution in [-0.2, 0) is 4.79 Å². The molecule has 1 rings (SSSR count). The first-order chi connectivity index (χ1) is 8.05. The summed E-state index contributed by atoms with van der Waals surface area (Å²) >= 11 is 0. The summed E-state index contributed by atoms with van der Waals surface area (Å²) in [5.74, 6) is -10.9. The quantitative estimate of drug-likeness (QED) is 0.825. The highest BCUT2D eigenvalue weighted by molar-refractivity contribution is 5.96. The molecule has 0 saturated carbocycles. The molecule has 0 saturated heterocycles. The van der Waals surface area contributed by atoms with Crippen LogP contribution < -0.4 is 5.32 Å². The Kier molecular flexibility index (Phi) is 3.54. The van der Waals surface area contributed by atoms with E-state index in [0.29, 0.717) is 12.1 Å². The lowest BCUT2D eigenvalue weighted by molar-refractivity contribution is -0.267. The number of rotatable bonds is 2. The Bertz CT molecular complexity index is 468. The van der Waals surface area contributed by atoms with Crippen LogP contribution >= 0.6 is 0 Å². The zero-order valence-electron chi connectivity index (χ0n) is 8.29. The first-order valence-electron chi connectivity index (χ1n) is 4.27. The summed E-state index contributed by atoms with van der Waals surface area (Å²) in [5.41, 5.74) is -1.11. The van der Waals surface area contributed by atoms with Gasteiger partial charge in [0.15, 0.2) is 0 Å². The van der Waals surface area contributed by atoms with Crippen LogP contribution in [0, 0.1) is 11.6 Å². The number of carbonyl (C=O) groups excluding carboxylic acids is 1. The fourth-order valence-electron chi connectivity index (χ4n) is 0.923. The van der Waals surface area contributed by atoms with Gasteiger partial charge in [0.1, 0.15) is 11.6 Å².